The molecule has 4 heteroatoms. The van der Waals surface area contributed by atoms with Crippen LogP contribution in [0.15, 0.2) is 64.3 Å². The van der Waals surface area contributed by atoms with E-state index in [9.17, 15) is 9.59 Å². The Kier molecular flexibility index (Phi) is 6.97. The zero-order valence-electron chi connectivity index (χ0n) is 20.9. The van der Waals surface area contributed by atoms with E-state index < -0.39 is 5.41 Å². The van der Waals surface area contributed by atoms with Gasteiger partial charge < -0.3 is 9.15 Å². The number of methoxy groups -OCH3 is 1. The largest absolute Gasteiger partial charge is 0.469 e. The lowest BCUT2D eigenvalue weighted by molar-refractivity contribution is -0.163. The molecule has 1 aromatic heterocycles. The number of carbonyl (C=O) groups excluding carboxylic acids is 2. The van der Waals surface area contributed by atoms with Crippen LogP contribution in [0.4, 0.5) is 0 Å². The van der Waals surface area contributed by atoms with Crippen LogP contribution >= 0.6 is 0 Å². The van der Waals surface area contributed by atoms with Crippen molar-refractivity contribution in [1.29, 1.82) is 0 Å². The number of ketones is 1. The Hall–Kier alpha value is -2.88. The van der Waals surface area contributed by atoms with Gasteiger partial charge in [-0.1, -0.05) is 54.8 Å². The Morgan fingerprint density at radius 1 is 1.12 bits per heavy atom. The van der Waals surface area contributed by atoms with Gasteiger partial charge in [-0.2, -0.15) is 0 Å². The number of hydrogen-bond acceptors (Lipinski definition) is 4. The molecule has 2 aliphatic rings. The van der Waals surface area contributed by atoms with Crippen LogP contribution in [0.5, 0.6) is 0 Å². The third-order valence-electron chi connectivity index (χ3n) is 8.46. The van der Waals surface area contributed by atoms with Crippen molar-refractivity contribution in [3.63, 3.8) is 0 Å². The SMILES string of the molecule is COC(=O)[C@@]1(C)CCC[C@]2(C)C(CCc3ccoc3/C=C/C(=O)c3ccccc3)=C(C)CC[C@@H]12. The highest BCUT2D eigenvalue weighted by Crippen LogP contribution is 2.60. The third-order valence-corrected chi connectivity index (χ3v) is 8.46. The van der Waals surface area contributed by atoms with Crippen molar-refractivity contribution in [3.8, 4) is 0 Å². The van der Waals surface area contributed by atoms with E-state index in [0.717, 1.165) is 56.3 Å². The molecule has 1 fully saturated rings. The zero-order chi connectivity index (χ0) is 24.3. The van der Waals surface area contributed by atoms with Gasteiger partial charge in [0.1, 0.15) is 5.76 Å². The van der Waals surface area contributed by atoms with Gasteiger partial charge in [0, 0.05) is 5.56 Å². The molecule has 0 saturated heterocycles. The van der Waals surface area contributed by atoms with Crippen LogP contribution < -0.4 is 0 Å². The average Bonchev–Trinajstić information content (AvgIpc) is 3.29. The number of fused-ring (bicyclic) bond motifs is 1. The van der Waals surface area contributed by atoms with Crippen LogP contribution in [0.2, 0.25) is 0 Å². The molecule has 1 saturated carbocycles. The monoisotopic (exact) mass is 460 g/mol. The van der Waals surface area contributed by atoms with E-state index in [0.29, 0.717) is 11.5 Å². The second-order valence-electron chi connectivity index (χ2n) is 10.4. The highest BCUT2D eigenvalue weighted by atomic mass is 16.5. The molecule has 0 bridgehead atoms. The summed E-state index contributed by atoms with van der Waals surface area (Å²) in [6.45, 7) is 6.74. The lowest BCUT2D eigenvalue weighted by Gasteiger charge is -2.54. The molecule has 4 nitrogen and oxygen atoms in total. The van der Waals surface area contributed by atoms with Crippen molar-refractivity contribution in [2.24, 2.45) is 16.7 Å². The zero-order valence-corrected chi connectivity index (χ0v) is 20.9. The molecule has 0 radical (unpaired) electrons. The van der Waals surface area contributed by atoms with Crippen molar-refractivity contribution in [1.82, 2.24) is 0 Å². The minimum atomic E-state index is -0.422. The summed E-state index contributed by atoms with van der Waals surface area (Å²) in [5.41, 5.74) is 4.32. The normalized spacial score (nSPS) is 27.0. The topological polar surface area (TPSA) is 56.5 Å². The number of aryl methyl sites for hydroxylation is 1. The Bertz CT molecular complexity index is 1110. The Morgan fingerprint density at radius 2 is 1.88 bits per heavy atom. The van der Waals surface area contributed by atoms with Crippen molar-refractivity contribution in [2.75, 3.05) is 7.11 Å². The van der Waals surface area contributed by atoms with E-state index in [2.05, 4.69) is 20.8 Å². The first-order chi connectivity index (χ1) is 16.3. The van der Waals surface area contributed by atoms with Gasteiger partial charge in [-0.05, 0) is 87.5 Å². The van der Waals surface area contributed by atoms with E-state index >= 15 is 0 Å². The Balaban J connectivity index is 1.52. The van der Waals surface area contributed by atoms with Gasteiger partial charge in [0.25, 0.3) is 0 Å². The molecule has 3 atom stereocenters. The molecular weight excluding hydrogens is 424 g/mol. The highest BCUT2D eigenvalue weighted by molar-refractivity contribution is 6.06. The predicted octanol–water partition coefficient (Wildman–Crippen LogP) is 7.20. The molecule has 0 N–H and O–H groups in total. The second-order valence-corrected chi connectivity index (χ2v) is 10.4. The van der Waals surface area contributed by atoms with Crippen molar-refractivity contribution >= 4 is 17.8 Å². The molecule has 4 rings (SSSR count). The van der Waals surface area contributed by atoms with E-state index in [1.54, 1.807) is 18.4 Å². The number of esters is 1. The van der Waals surface area contributed by atoms with E-state index in [4.69, 9.17) is 9.15 Å². The van der Waals surface area contributed by atoms with Gasteiger partial charge in [0.05, 0.1) is 18.8 Å². The van der Waals surface area contributed by atoms with Gasteiger partial charge >= 0.3 is 5.97 Å². The molecule has 0 unspecified atom stereocenters. The summed E-state index contributed by atoms with van der Waals surface area (Å²) in [6.07, 6.45) is 12.0. The van der Waals surface area contributed by atoms with E-state index in [-0.39, 0.29) is 17.2 Å². The van der Waals surface area contributed by atoms with Crippen LogP contribution in [0.3, 0.4) is 0 Å². The van der Waals surface area contributed by atoms with Gasteiger partial charge in [0.2, 0.25) is 0 Å². The molecule has 2 aliphatic carbocycles. The van der Waals surface area contributed by atoms with Crippen LogP contribution in [-0.2, 0) is 16.0 Å². The fourth-order valence-corrected chi connectivity index (χ4v) is 6.66. The fraction of sp³-hybridized carbons (Fsp3) is 0.467. The number of furan rings is 1. The third kappa shape index (κ3) is 4.43. The first-order valence-corrected chi connectivity index (χ1v) is 12.4. The Labute approximate surface area is 203 Å². The summed E-state index contributed by atoms with van der Waals surface area (Å²) in [5, 5.41) is 0. The molecule has 2 aromatic rings. The predicted molar refractivity (Wildman–Crippen MR) is 134 cm³/mol. The van der Waals surface area contributed by atoms with Crippen LogP contribution in [0.25, 0.3) is 6.08 Å². The van der Waals surface area contributed by atoms with Gasteiger partial charge in [-0.15, -0.1) is 0 Å². The van der Waals surface area contributed by atoms with Crippen molar-refractivity contribution in [2.45, 2.75) is 65.7 Å². The molecule has 1 aromatic carbocycles. The summed E-state index contributed by atoms with van der Waals surface area (Å²) >= 11 is 0. The maximum atomic E-state index is 12.8. The summed E-state index contributed by atoms with van der Waals surface area (Å²) < 4.78 is 11.0. The van der Waals surface area contributed by atoms with Crippen LogP contribution in [0, 0.1) is 16.7 Å². The maximum absolute atomic E-state index is 12.8. The maximum Gasteiger partial charge on any atom is 0.311 e. The summed E-state index contributed by atoms with van der Waals surface area (Å²) in [7, 11) is 1.51. The Morgan fingerprint density at radius 3 is 2.62 bits per heavy atom. The molecule has 1 heterocycles. The number of ether oxygens (including phenoxy) is 1. The average molecular weight is 461 g/mol. The van der Waals surface area contributed by atoms with Crippen LogP contribution in [0.1, 0.15) is 81.0 Å². The molecular formula is C30H36O4. The van der Waals surface area contributed by atoms with Crippen LogP contribution in [-0.4, -0.2) is 18.9 Å². The minimum absolute atomic E-state index is 0.00649. The lowest BCUT2D eigenvalue weighted by Crippen LogP contribution is -2.50. The number of hydrogen-bond donors (Lipinski definition) is 0. The highest BCUT2D eigenvalue weighted by Gasteiger charge is 2.55. The molecule has 180 valence electrons. The fourth-order valence-electron chi connectivity index (χ4n) is 6.66. The molecule has 34 heavy (non-hydrogen) atoms. The van der Waals surface area contributed by atoms with E-state index in [1.165, 1.54) is 18.3 Å². The quantitative estimate of drug-likeness (QED) is 0.190. The van der Waals surface area contributed by atoms with Gasteiger partial charge in [-0.25, -0.2) is 0 Å². The number of carbonyl (C=O) groups is 2. The smallest absolute Gasteiger partial charge is 0.311 e. The first-order valence-electron chi connectivity index (χ1n) is 12.4. The molecule has 0 amide bonds. The van der Waals surface area contributed by atoms with Gasteiger partial charge in [0.15, 0.2) is 5.78 Å². The minimum Gasteiger partial charge on any atom is -0.469 e. The van der Waals surface area contributed by atoms with Gasteiger partial charge in [-0.3, -0.25) is 9.59 Å². The molecule has 0 aliphatic heterocycles. The lowest BCUT2D eigenvalue weighted by atomic mass is 9.49. The summed E-state index contributed by atoms with van der Waals surface area (Å²) in [6, 6.07) is 11.3. The number of benzene rings is 1. The van der Waals surface area contributed by atoms with E-state index in [1.807, 2.05) is 36.4 Å². The standard InChI is InChI=1S/C30H36O4/c1-21-11-16-27-29(2,18-8-19-30(27,3)28(32)33-4)24(21)13-12-23-17-20-34-26(23)15-14-25(31)22-9-6-5-7-10-22/h5-7,9-10,14-15,17,20,27H,8,11-13,16,18-19H2,1-4H3/b15-14+/t27-,29-,30+/m1/s1. The first kappa shape index (κ1) is 24.3. The summed E-state index contributed by atoms with van der Waals surface area (Å²) in [4.78, 5) is 25.3. The van der Waals surface area contributed by atoms with Crippen molar-refractivity contribution in [3.05, 3.63) is 76.8 Å². The number of allylic oxidation sites excluding steroid dienone is 3. The summed E-state index contributed by atoms with van der Waals surface area (Å²) in [5.74, 6) is 0.941. The van der Waals surface area contributed by atoms with Crippen molar-refractivity contribution < 1.29 is 18.7 Å². The number of rotatable bonds is 7. The second kappa shape index (κ2) is 9.77. The molecule has 0 spiro atoms.